The molecule has 0 unspecified atom stereocenters. The number of rotatable bonds is 2. The van der Waals surface area contributed by atoms with E-state index in [1.165, 1.54) is 11.1 Å². The summed E-state index contributed by atoms with van der Waals surface area (Å²) in [7, 11) is 0. The molecule has 0 radical (unpaired) electrons. The first-order valence-corrected chi connectivity index (χ1v) is 9.32. The second-order valence-corrected chi connectivity index (χ2v) is 8.11. The molecule has 1 aliphatic rings. The zero-order chi connectivity index (χ0) is 13.9. The van der Waals surface area contributed by atoms with Crippen LogP contribution in [0.15, 0.2) is 48.5 Å². The Morgan fingerprint density at radius 2 is 1.10 bits per heavy atom. The summed E-state index contributed by atoms with van der Waals surface area (Å²) in [6, 6.07) is 16.5. The Balaban J connectivity index is 1.76. The number of halogens is 2. The van der Waals surface area contributed by atoms with Crippen LogP contribution in [0.2, 0.25) is 10.0 Å². The van der Waals surface area contributed by atoms with E-state index in [-0.39, 0.29) is 0 Å². The third kappa shape index (κ3) is 3.48. The van der Waals surface area contributed by atoms with Gasteiger partial charge in [-0.25, -0.2) is 0 Å². The summed E-state index contributed by atoms with van der Waals surface area (Å²) in [4.78, 5) is 0. The van der Waals surface area contributed by atoms with Gasteiger partial charge in [-0.2, -0.15) is 11.8 Å². The minimum absolute atomic E-state index is 0.534. The standard InChI is InChI=1S/C16H14Cl2S2/c17-13-5-1-11(2-6-13)15-9-19-10-16(20-15)12-3-7-14(18)8-4-12/h1-8,15-16H,9-10H2/t15-,16-/m0/s1. The molecule has 0 amide bonds. The van der Waals surface area contributed by atoms with E-state index >= 15 is 0 Å². The molecule has 0 bridgehead atoms. The monoisotopic (exact) mass is 340 g/mol. The van der Waals surface area contributed by atoms with Gasteiger partial charge in [-0.3, -0.25) is 0 Å². The molecular weight excluding hydrogens is 327 g/mol. The Bertz CT molecular complexity index is 515. The largest absolute Gasteiger partial charge is 0.159 e. The summed E-state index contributed by atoms with van der Waals surface area (Å²) < 4.78 is 0. The summed E-state index contributed by atoms with van der Waals surface area (Å²) >= 11 is 16.0. The van der Waals surface area contributed by atoms with Crippen LogP contribution in [0.25, 0.3) is 0 Å². The van der Waals surface area contributed by atoms with Crippen LogP contribution < -0.4 is 0 Å². The van der Waals surface area contributed by atoms with E-state index in [0.717, 1.165) is 21.6 Å². The molecule has 2 atom stereocenters. The molecule has 0 aromatic heterocycles. The summed E-state index contributed by atoms with van der Waals surface area (Å²) in [6.45, 7) is 0. The second kappa shape index (κ2) is 6.65. The van der Waals surface area contributed by atoms with Crippen LogP contribution in [-0.4, -0.2) is 11.5 Å². The lowest BCUT2D eigenvalue weighted by Crippen LogP contribution is -2.11. The molecule has 0 N–H and O–H groups in total. The van der Waals surface area contributed by atoms with E-state index in [4.69, 9.17) is 23.2 Å². The third-order valence-corrected chi connectivity index (χ3v) is 6.95. The minimum atomic E-state index is 0.534. The first-order valence-electron chi connectivity index (χ1n) is 6.46. The Kier molecular flexibility index (Phi) is 4.87. The van der Waals surface area contributed by atoms with Crippen molar-refractivity contribution < 1.29 is 0 Å². The molecule has 2 aromatic carbocycles. The average Bonchev–Trinajstić information content (AvgIpc) is 2.49. The van der Waals surface area contributed by atoms with Crippen LogP contribution in [0.3, 0.4) is 0 Å². The maximum Gasteiger partial charge on any atom is 0.0406 e. The van der Waals surface area contributed by atoms with Crippen LogP contribution >= 0.6 is 46.7 Å². The normalized spacial score (nSPS) is 22.7. The van der Waals surface area contributed by atoms with E-state index < -0.39 is 0 Å². The first kappa shape index (κ1) is 14.6. The first-order chi connectivity index (χ1) is 9.72. The molecule has 4 heteroatoms. The van der Waals surface area contributed by atoms with Gasteiger partial charge < -0.3 is 0 Å². The fraction of sp³-hybridized carbons (Fsp3) is 0.250. The lowest BCUT2D eigenvalue weighted by Gasteiger charge is -2.29. The van der Waals surface area contributed by atoms with Crippen molar-refractivity contribution in [3.05, 3.63) is 69.7 Å². The minimum Gasteiger partial charge on any atom is -0.159 e. The van der Waals surface area contributed by atoms with Gasteiger partial charge >= 0.3 is 0 Å². The number of hydrogen-bond donors (Lipinski definition) is 0. The highest BCUT2D eigenvalue weighted by atomic mass is 35.5. The van der Waals surface area contributed by atoms with Crippen molar-refractivity contribution in [1.82, 2.24) is 0 Å². The maximum atomic E-state index is 5.97. The molecule has 2 aromatic rings. The average molecular weight is 341 g/mol. The molecular formula is C16H14Cl2S2. The molecule has 1 fully saturated rings. The number of hydrogen-bond acceptors (Lipinski definition) is 2. The molecule has 0 aliphatic carbocycles. The molecule has 3 rings (SSSR count). The Hall–Kier alpha value is -0.280. The Morgan fingerprint density at radius 1 is 0.700 bits per heavy atom. The zero-order valence-corrected chi connectivity index (χ0v) is 13.9. The maximum absolute atomic E-state index is 5.97. The quantitative estimate of drug-likeness (QED) is 0.633. The molecule has 0 saturated carbocycles. The topological polar surface area (TPSA) is 0 Å². The van der Waals surface area contributed by atoms with E-state index in [0.29, 0.717) is 10.5 Å². The van der Waals surface area contributed by atoms with Crippen molar-refractivity contribution in [2.45, 2.75) is 10.5 Å². The van der Waals surface area contributed by atoms with E-state index in [1.807, 2.05) is 47.8 Å². The van der Waals surface area contributed by atoms with Crippen LogP contribution in [0.4, 0.5) is 0 Å². The number of thioether (sulfide) groups is 2. The summed E-state index contributed by atoms with van der Waals surface area (Å²) in [5.74, 6) is 2.33. The predicted octanol–water partition coefficient (Wildman–Crippen LogP) is 6.26. The van der Waals surface area contributed by atoms with Gasteiger partial charge in [0.2, 0.25) is 0 Å². The van der Waals surface area contributed by atoms with Crippen molar-refractivity contribution in [3.63, 3.8) is 0 Å². The van der Waals surface area contributed by atoms with Gasteiger partial charge in [0.05, 0.1) is 0 Å². The second-order valence-electron chi connectivity index (χ2n) is 4.75. The van der Waals surface area contributed by atoms with Crippen molar-refractivity contribution >= 4 is 46.7 Å². The van der Waals surface area contributed by atoms with Crippen LogP contribution in [0.5, 0.6) is 0 Å². The smallest absolute Gasteiger partial charge is 0.0406 e. The number of benzene rings is 2. The Morgan fingerprint density at radius 3 is 1.50 bits per heavy atom. The molecule has 20 heavy (non-hydrogen) atoms. The highest BCUT2D eigenvalue weighted by Gasteiger charge is 2.25. The molecule has 104 valence electrons. The zero-order valence-electron chi connectivity index (χ0n) is 10.8. The SMILES string of the molecule is Clc1ccc([C@@H]2CSC[C@@H](c3ccc(Cl)cc3)S2)cc1. The van der Waals surface area contributed by atoms with Crippen molar-refractivity contribution in [2.24, 2.45) is 0 Å². The van der Waals surface area contributed by atoms with E-state index in [1.54, 1.807) is 0 Å². The lowest BCUT2D eigenvalue weighted by molar-refractivity contribution is 1.02. The van der Waals surface area contributed by atoms with Gasteiger partial charge in [0, 0.05) is 32.1 Å². The highest BCUT2D eigenvalue weighted by molar-refractivity contribution is 8.06. The highest BCUT2D eigenvalue weighted by Crippen LogP contribution is 2.48. The summed E-state index contributed by atoms with van der Waals surface area (Å²) in [5, 5.41) is 2.67. The van der Waals surface area contributed by atoms with Crippen molar-refractivity contribution in [2.75, 3.05) is 11.5 Å². The summed E-state index contributed by atoms with van der Waals surface area (Å²) in [6.07, 6.45) is 0. The van der Waals surface area contributed by atoms with Gasteiger partial charge in [0.25, 0.3) is 0 Å². The van der Waals surface area contributed by atoms with Crippen LogP contribution in [-0.2, 0) is 0 Å². The van der Waals surface area contributed by atoms with Crippen LogP contribution in [0.1, 0.15) is 21.6 Å². The fourth-order valence-electron chi connectivity index (χ4n) is 2.26. The molecule has 1 aliphatic heterocycles. The van der Waals surface area contributed by atoms with E-state index in [9.17, 15) is 0 Å². The van der Waals surface area contributed by atoms with Gasteiger partial charge in [0.1, 0.15) is 0 Å². The third-order valence-electron chi connectivity index (χ3n) is 3.35. The molecule has 1 saturated heterocycles. The lowest BCUT2D eigenvalue weighted by atomic mass is 10.1. The Labute approximate surface area is 138 Å². The van der Waals surface area contributed by atoms with Crippen molar-refractivity contribution in [1.29, 1.82) is 0 Å². The van der Waals surface area contributed by atoms with Crippen LogP contribution in [0, 0.1) is 0 Å². The predicted molar refractivity (Wildman–Crippen MR) is 93.3 cm³/mol. The molecule has 0 spiro atoms. The molecule has 1 heterocycles. The van der Waals surface area contributed by atoms with Gasteiger partial charge in [-0.05, 0) is 35.4 Å². The fourth-order valence-corrected chi connectivity index (χ4v) is 5.70. The van der Waals surface area contributed by atoms with Gasteiger partial charge in [-0.1, -0.05) is 47.5 Å². The molecule has 0 nitrogen and oxygen atoms in total. The van der Waals surface area contributed by atoms with Crippen molar-refractivity contribution in [3.8, 4) is 0 Å². The van der Waals surface area contributed by atoms with Gasteiger partial charge in [-0.15, -0.1) is 11.8 Å². The van der Waals surface area contributed by atoms with E-state index in [2.05, 4.69) is 24.3 Å². The summed E-state index contributed by atoms with van der Waals surface area (Å²) in [5.41, 5.74) is 2.73. The van der Waals surface area contributed by atoms with Gasteiger partial charge in [0.15, 0.2) is 0 Å².